The maximum absolute atomic E-state index is 11.1. The molecule has 0 aliphatic carbocycles. The third-order valence-electron chi connectivity index (χ3n) is 4.13. The molecule has 0 aliphatic rings. The van der Waals surface area contributed by atoms with E-state index in [1.165, 1.54) is 0 Å². The van der Waals surface area contributed by atoms with Crippen molar-refractivity contribution in [3.05, 3.63) is 29.6 Å². The van der Waals surface area contributed by atoms with E-state index in [9.17, 15) is 4.79 Å². The first kappa shape index (κ1) is 13.6. The molecule has 0 atom stereocenters. The highest BCUT2D eigenvalue weighted by Gasteiger charge is 2.26. The quantitative estimate of drug-likeness (QED) is 0.914. The minimum absolute atomic E-state index is 0.0318. The second-order valence-corrected chi connectivity index (χ2v) is 5.21. The summed E-state index contributed by atoms with van der Waals surface area (Å²) in [6, 6.07) is 5.12. The lowest BCUT2D eigenvalue weighted by Crippen LogP contribution is -2.29. The van der Waals surface area contributed by atoms with E-state index >= 15 is 0 Å². The van der Waals surface area contributed by atoms with Crippen LogP contribution in [0.2, 0.25) is 0 Å². The Kier molecular flexibility index (Phi) is 3.35. The van der Waals surface area contributed by atoms with Crippen molar-refractivity contribution in [3.63, 3.8) is 0 Å². The van der Waals surface area contributed by atoms with Crippen molar-refractivity contribution >= 4 is 17.0 Å². The van der Waals surface area contributed by atoms with Gasteiger partial charge in [-0.3, -0.25) is 0 Å². The van der Waals surface area contributed by atoms with Crippen LogP contribution < -0.4 is 0 Å². The van der Waals surface area contributed by atoms with Crippen LogP contribution in [0.1, 0.15) is 49.8 Å². The van der Waals surface area contributed by atoms with Crippen molar-refractivity contribution in [2.45, 2.75) is 46.1 Å². The number of aryl methyl sites for hydroxylation is 1. The van der Waals surface area contributed by atoms with E-state index < -0.39 is 5.97 Å². The van der Waals surface area contributed by atoms with E-state index in [0.29, 0.717) is 5.56 Å². The van der Waals surface area contributed by atoms with Gasteiger partial charge in [0.1, 0.15) is 5.82 Å². The van der Waals surface area contributed by atoms with Gasteiger partial charge in [0, 0.05) is 5.54 Å². The van der Waals surface area contributed by atoms with E-state index in [-0.39, 0.29) is 5.54 Å². The number of nitrogens with zero attached hydrogens (tertiary/aromatic N) is 2. The van der Waals surface area contributed by atoms with E-state index in [2.05, 4.69) is 30.3 Å². The first-order chi connectivity index (χ1) is 8.92. The highest BCUT2D eigenvalue weighted by atomic mass is 16.4. The zero-order valence-corrected chi connectivity index (χ0v) is 11.9. The highest BCUT2D eigenvalue weighted by molar-refractivity contribution is 5.92. The van der Waals surface area contributed by atoms with Crippen LogP contribution in [0.3, 0.4) is 0 Å². The molecule has 0 radical (unpaired) electrons. The molecule has 0 saturated carbocycles. The Morgan fingerprint density at radius 1 is 1.37 bits per heavy atom. The van der Waals surface area contributed by atoms with Gasteiger partial charge in [-0.2, -0.15) is 0 Å². The maximum atomic E-state index is 11.1. The maximum Gasteiger partial charge on any atom is 0.335 e. The van der Waals surface area contributed by atoms with Crippen molar-refractivity contribution in [1.29, 1.82) is 0 Å². The van der Waals surface area contributed by atoms with Crippen LogP contribution in [0.15, 0.2) is 18.2 Å². The molecule has 0 bridgehead atoms. The summed E-state index contributed by atoms with van der Waals surface area (Å²) in [6.07, 6.45) is 1.96. The molecule has 2 rings (SSSR count). The van der Waals surface area contributed by atoms with E-state index in [0.717, 1.165) is 29.7 Å². The third kappa shape index (κ3) is 2.11. The summed E-state index contributed by atoms with van der Waals surface area (Å²) in [5, 5.41) is 9.13. The van der Waals surface area contributed by atoms with Gasteiger partial charge in [0.2, 0.25) is 0 Å². The van der Waals surface area contributed by atoms with Crippen LogP contribution in [-0.4, -0.2) is 20.6 Å². The number of aromatic carboxylic acids is 1. The van der Waals surface area contributed by atoms with Gasteiger partial charge in [-0.15, -0.1) is 0 Å². The number of imidazole rings is 1. The van der Waals surface area contributed by atoms with Gasteiger partial charge in [0.05, 0.1) is 16.6 Å². The van der Waals surface area contributed by atoms with Crippen LogP contribution in [0.5, 0.6) is 0 Å². The van der Waals surface area contributed by atoms with Crippen molar-refractivity contribution in [2.75, 3.05) is 0 Å². The summed E-state index contributed by atoms with van der Waals surface area (Å²) >= 11 is 0. The smallest absolute Gasteiger partial charge is 0.335 e. The van der Waals surface area contributed by atoms with Gasteiger partial charge in [0.15, 0.2) is 0 Å². The Labute approximate surface area is 113 Å². The standard InChI is InChI=1S/C15H20N2O2/c1-5-15(4,6-2)17-10(3)16-12-8-7-11(14(18)19)9-13(12)17/h7-9H,5-6H2,1-4H3,(H,18,19). The topological polar surface area (TPSA) is 55.1 Å². The summed E-state index contributed by atoms with van der Waals surface area (Å²) in [6.45, 7) is 8.46. The molecule has 0 saturated heterocycles. The molecule has 1 heterocycles. The molecule has 1 N–H and O–H groups in total. The Morgan fingerprint density at radius 2 is 2.00 bits per heavy atom. The predicted octanol–water partition coefficient (Wildman–Crippen LogP) is 3.58. The number of carboxylic acid groups (broad SMARTS) is 1. The number of carbonyl (C=O) groups is 1. The molecule has 0 amide bonds. The summed E-state index contributed by atoms with van der Waals surface area (Å²) < 4.78 is 2.18. The van der Waals surface area contributed by atoms with Gasteiger partial charge in [-0.05, 0) is 44.9 Å². The van der Waals surface area contributed by atoms with Crippen LogP contribution in [-0.2, 0) is 5.54 Å². The van der Waals surface area contributed by atoms with Gasteiger partial charge in [-0.25, -0.2) is 9.78 Å². The average Bonchev–Trinajstić information content (AvgIpc) is 2.73. The summed E-state index contributed by atoms with van der Waals surface area (Å²) in [4.78, 5) is 15.7. The SMILES string of the molecule is CCC(C)(CC)n1c(C)nc2ccc(C(=O)O)cc21. The van der Waals surface area contributed by atoms with Gasteiger partial charge in [-0.1, -0.05) is 13.8 Å². The predicted molar refractivity (Wildman–Crippen MR) is 75.7 cm³/mol. The second kappa shape index (κ2) is 4.68. The number of aromatic nitrogens is 2. The largest absolute Gasteiger partial charge is 0.478 e. The molecule has 1 aromatic heterocycles. The molecule has 102 valence electrons. The first-order valence-electron chi connectivity index (χ1n) is 6.66. The van der Waals surface area contributed by atoms with Crippen LogP contribution in [0.25, 0.3) is 11.0 Å². The number of rotatable bonds is 4. The zero-order valence-electron chi connectivity index (χ0n) is 11.9. The van der Waals surface area contributed by atoms with Crippen LogP contribution in [0, 0.1) is 6.92 Å². The zero-order chi connectivity index (χ0) is 14.2. The molecular formula is C15H20N2O2. The first-order valence-corrected chi connectivity index (χ1v) is 6.66. The van der Waals surface area contributed by atoms with Crippen LogP contribution >= 0.6 is 0 Å². The number of carboxylic acids is 1. The Morgan fingerprint density at radius 3 is 2.53 bits per heavy atom. The normalized spacial score (nSPS) is 12.0. The fourth-order valence-electron chi connectivity index (χ4n) is 2.58. The van der Waals surface area contributed by atoms with Crippen molar-refractivity contribution < 1.29 is 9.90 Å². The molecule has 0 spiro atoms. The van der Waals surface area contributed by atoms with Crippen LogP contribution in [0.4, 0.5) is 0 Å². The lowest BCUT2D eigenvalue weighted by atomic mass is 9.94. The summed E-state index contributed by atoms with van der Waals surface area (Å²) in [5.74, 6) is 0.0331. The average molecular weight is 260 g/mol. The lowest BCUT2D eigenvalue weighted by molar-refractivity contribution is 0.0697. The summed E-state index contributed by atoms with van der Waals surface area (Å²) in [7, 11) is 0. The minimum atomic E-state index is -0.901. The van der Waals surface area contributed by atoms with Gasteiger partial charge >= 0.3 is 5.97 Å². The molecular weight excluding hydrogens is 240 g/mol. The highest BCUT2D eigenvalue weighted by Crippen LogP contribution is 2.31. The lowest BCUT2D eigenvalue weighted by Gasteiger charge is -2.31. The fourth-order valence-corrected chi connectivity index (χ4v) is 2.58. The van der Waals surface area contributed by atoms with Crippen molar-refractivity contribution in [1.82, 2.24) is 9.55 Å². The van der Waals surface area contributed by atoms with E-state index in [1.807, 2.05) is 6.92 Å². The second-order valence-electron chi connectivity index (χ2n) is 5.21. The van der Waals surface area contributed by atoms with E-state index in [1.54, 1.807) is 18.2 Å². The van der Waals surface area contributed by atoms with E-state index in [4.69, 9.17) is 5.11 Å². The molecule has 19 heavy (non-hydrogen) atoms. The number of fused-ring (bicyclic) bond motifs is 1. The number of hydrogen-bond acceptors (Lipinski definition) is 2. The third-order valence-corrected chi connectivity index (χ3v) is 4.13. The van der Waals surface area contributed by atoms with Crippen molar-refractivity contribution in [3.8, 4) is 0 Å². The van der Waals surface area contributed by atoms with Gasteiger partial charge < -0.3 is 9.67 Å². The molecule has 0 fully saturated rings. The number of benzene rings is 1. The number of hydrogen-bond donors (Lipinski definition) is 1. The molecule has 2 aromatic rings. The Balaban J connectivity index is 2.75. The Hall–Kier alpha value is -1.84. The molecule has 0 unspecified atom stereocenters. The molecule has 1 aromatic carbocycles. The minimum Gasteiger partial charge on any atom is -0.478 e. The molecule has 0 aliphatic heterocycles. The molecule has 4 nitrogen and oxygen atoms in total. The fraction of sp³-hybridized carbons (Fsp3) is 0.467. The monoisotopic (exact) mass is 260 g/mol. The Bertz CT molecular complexity index is 624. The van der Waals surface area contributed by atoms with Crippen molar-refractivity contribution in [2.24, 2.45) is 0 Å². The van der Waals surface area contributed by atoms with Gasteiger partial charge in [0.25, 0.3) is 0 Å². The molecule has 4 heteroatoms. The summed E-state index contributed by atoms with van der Waals surface area (Å²) in [5.41, 5.74) is 2.04.